The molecule has 0 radical (unpaired) electrons. The molecule has 220 valence electrons. The van der Waals surface area contributed by atoms with Gasteiger partial charge in [-0.2, -0.15) is 0 Å². The van der Waals surface area contributed by atoms with Gasteiger partial charge in [0, 0.05) is 39.9 Å². The van der Waals surface area contributed by atoms with Gasteiger partial charge in [0.05, 0.1) is 11.0 Å². The lowest BCUT2D eigenvalue weighted by Crippen LogP contribution is -2.44. The molecule has 2 fully saturated rings. The molecule has 0 bridgehead atoms. The zero-order chi connectivity index (χ0) is 29.3. The van der Waals surface area contributed by atoms with Gasteiger partial charge in [0.1, 0.15) is 0 Å². The SMILES string of the molecule is c1ccc(N(c2ccc(-c3ccc4c(c3)c3ccccc3n4-c3ccccc3)cc2)C2CCC(C3CCCCN3)CC2)cc1. The van der Waals surface area contributed by atoms with E-state index in [0.717, 1.165) is 12.0 Å². The van der Waals surface area contributed by atoms with Gasteiger partial charge in [-0.3, -0.25) is 0 Å². The van der Waals surface area contributed by atoms with Gasteiger partial charge in [0.2, 0.25) is 0 Å². The number of fused-ring (bicyclic) bond motifs is 3. The summed E-state index contributed by atoms with van der Waals surface area (Å²) in [5.41, 5.74) is 8.79. The van der Waals surface area contributed by atoms with E-state index >= 15 is 0 Å². The normalized spacial score (nSPS) is 20.6. The molecule has 44 heavy (non-hydrogen) atoms. The number of para-hydroxylation sites is 3. The Morgan fingerprint density at radius 2 is 1.20 bits per heavy atom. The van der Waals surface area contributed by atoms with Crippen LogP contribution in [0.4, 0.5) is 11.4 Å². The maximum atomic E-state index is 3.83. The summed E-state index contributed by atoms with van der Waals surface area (Å²) in [6, 6.07) is 48.0. The molecule has 1 saturated carbocycles. The number of nitrogens with zero attached hydrogens (tertiary/aromatic N) is 2. The largest absolute Gasteiger partial charge is 0.338 e. The molecule has 3 heteroatoms. The van der Waals surface area contributed by atoms with Crippen LogP contribution in [-0.2, 0) is 0 Å². The van der Waals surface area contributed by atoms with Crippen LogP contribution in [-0.4, -0.2) is 23.2 Å². The number of hydrogen-bond acceptors (Lipinski definition) is 2. The third-order valence-corrected chi connectivity index (χ3v) is 10.2. The highest BCUT2D eigenvalue weighted by atomic mass is 15.2. The van der Waals surface area contributed by atoms with Crippen molar-refractivity contribution in [1.29, 1.82) is 0 Å². The molecule has 0 spiro atoms. The minimum Gasteiger partial charge on any atom is -0.338 e. The number of hydrogen-bond donors (Lipinski definition) is 1. The van der Waals surface area contributed by atoms with Crippen molar-refractivity contribution >= 4 is 33.2 Å². The molecule has 1 atom stereocenters. The minimum atomic E-state index is 0.531. The maximum Gasteiger partial charge on any atom is 0.0541 e. The predicted octanol–water partition coefficient (Wildman–Crippen LogP) is 10.3. The van der Waals surface area contributed by atoms with Gasteiger partial charge in [-0.25, -0.2) is 0 Å². The van der Waals surface area contributed by atoms with Gasteiger partial charge in [-0.1, -0.05) is 79.2 Å². The van der Waals surface area contributed by atoms with E-state index in [4.69, 9.17) is 0 Å². The fourth-order valence-electron chi connectivity index (χ4n) is 8.02. The third-order valence-electron chi connectivity index (χ3n) is 10.2. The summed E-state index contributed by atoms with van der Waals surface area (Å²) >= 11 is 0. The first-order valence-corrected chi connectivity index (χ1v) is 16.6. The van der Waals surface area contributed by atoms with Crippen molar-refractivity contribution in [2.75, 3.05) is 11.4 Å². The number of rotatable bonds is 6. The Morgan fingerprint density at radius 1 is 0.545 bits per heavy atom. The number of aromatic nitrogens is 1. The van der Waals surface area contributed by atoms with E-state index in [2.05, 4.69) is 142 Å². The molecule has 5 aromatic carbocycles. The second kappa shape index (κ2) is 12.0. The van der Waals surface area contributed by atoms with Gasteiger partial charge in [-0.15, -0.1) is 0 Å². The minimum absolute atomic E-state index is 0.531. The Bertz CT molecular complexity index is 1840. The number of anilines is 2. The summed E-state index contributed by atoms with van der Waals surface area (Å²) in [4.78, 5) is 2.62. The van der Waals surface area contributed by atoms with Gasteiger partial charge < -0.3 is 14.8 Å². The van der Waals surface area contributed by atoms with Crippen LogP contribution in [0.25, 0.3) is 38.6 Å². The summed E-state index contributed by atoms with van der Waals surface area (Å²) in [6.07, 6.45) is 9.23. The van der Waals surface area contributed by atoms with Crippen LogP contribution in [0.2, 0.25) is 0 Å². The third kappa shape index (κ3) is 5.10. The predicted molar refractivity (Wildman–Crippen MR) is 186 cm³/mol. The van der Waals surface area contributed by atoms with Crippen molar-refractivity contribution in [2.45, 2.75) is 57.0 Å². The molecule has 8 rings (SSSR count). The van der Waals surface area contributed by atoms with Gasteiger partial charge in [0.25, 0.3) is 0 Å². The van der Waals surface area contributed by atoms with Crippen molar-refractivity contribution in [3.05, 3.63) is 127 Å². The first-order chi connectivity index (χ1) is 21.8. The van der Waals surface area contributed by atoms with Crippen LogP contribution in [0.5, 0.6) is 0 Å². The second-order valence-electron chi connectivity index (χ2n) is 12.8. The van der Waals surface area contributed by atoms with Crippen LogP contribution >= 0.6 is 0 Å². The van der Waals surface area contributed by atoms with Crippen molar-refractivity contribution in [2.24, 2.45) is 5.92 Å². The summed E-state index contributed by atoms with van der Waals surface area (Å²) in [5, 5.41) is 6.42. The molecule has 1 saturated heterocycles. The van der Waals surface area contributed by atoms with Crippen molar-refractivity contribution < 1.29 is 0 Å². The maximum absolute atomic E-state index is 3.83. The molecule has 1 unspecified atom stereocenters. The Morgan fingerprint density at radius 3 is 1.95 bits per heavy atom. The zero-order valence-corrected chi connectivity index (χ0v) is 25.4. The van der Waals surface area contributed by atoms with Gasteiger partial charge >= 0.3 is 0 Å². The molecule has 1 aliphatic carbocycles. The first-order valence-electron chi connectivity index (χ1n) is 16.6. The fraction of sp³-hybridized carbons (Fsp3) is 0.268. The average molecular weight is 576 g/mol. The number of nitrogens with one attached hydrogen (secondary N) is 1. The summed E-state index contributed by atoms with van der Waals surface area (Å²) in [5.74, 6) is 0.828. The number of benzene rings is 5. The Labute approximate surface area is 261 Å². The van der Waals surface area contributed by atoms with E-state index in [1.807, 2.05) is 0 Å². The zero-order valence-electron chi connectivity index (χ0n) is 25.4. The van der Waals surface area contributed by atoms with E-state index < -0.39 is 0 Å². The lowest BCUT2D eigenvalue weighted by atomic mass is 9.78. The Balaban J connectivity index is 1.10. The highest BCUT2D eigenvalue weighted by molar-refractivity contribution is 6.10. The topological polar surface area (TPSA) is 20.2 Å². The summed E-state index contributed by atoms with van der Waals surface area (Å²) in [6.45, 7) is 1.20. The van der Waals surface area contributed by atoms with Gasteiger partial charge in [-0.05, 0) is 117 Å². The van der Waals surface area contributed by atoms with Crippen LogP contribution < -0.4 is 10.2 Å². The summed E-state index contributed by atoms with van der Waals surface area (Å²) in [7, 11) is 0. The molecule has 0 amide bonds. The van der Waals surface area contributed by atoms with E-state index in [-0.39, 0.29) is 0 Å². The van der Waals surface area contributed by atoms with Crippen molar-refractivity contribution in [3.63, 3.8) is 0 Å². The van der Waals surface area contributed by atoms with Crippen molar-refractivity contribution in [3.8, 4) is 16.8 Å². The lowest BCUT2D eigenvalue weighted by Gasteiger charge is -2.41. The molecule has 1 aromatic heterocycles. The van der Waals surface area contributed by atoms with E-state index in [1.165, 1.54) is 101 Å². The van der Waals surface area contributed by atoms with Crippen LogP contribution in [0, 0.1) is 5.92 Å². The molecule has 3 nitrogen and oxygen atoms in total. The highest BCUT2D eigenvalue weighted by Crippen LogP contribution is 2.39. The van der Waals surface area contributed by atoms with E-state index in [9.17, 15) is 0 Å². The van der Waals surface area contributed by atoms with Crippen LogP contribution in [0.15, 0.2) is 127 Å². The molecular weight excluding hydrogens is 534 g/mol. The Hall–Kier alpha value is -4.34. The second-order valence-corrected chi connectivity index (χ2v) is 12.8. The van der Waals surface area contributed by atoms with Gasteiger partial charge in [0.15, 0.2) is 0 Å². The molecule has 1 aliphatic heterocycles. The average Bonchev–Trinajstić information content (AvgIpc) is 3.44. The highest BCUT2D eigenvalue weighted by Gasteiger charge is 2.31. The van der Waals surface area contributed by atoms with Crippen molar-refractivity contribution in [1.82, 2.24) is 9.88 Å². The first kappa shape index (κ1) is 27.2. The molecular formula is C41H41N3. The van der Waals surface area contributed by atoms with Crippen LogP contribution in [0.1, 0.15) is 44.9 Å². The fourth-order valence-corrected chi connectivity index (χ4v) is 8.02. The van der Waals surface area contributed by atoms with Crippen LogP contribution in [0.3, 0.4) is 0 Å². The Kier molecular flexibility index (Phi) is 7.41. The molecule has 6 aromatic rings. The monoisotopic (exact) mass is 575 g/mol. The molecule has 2 aliphatic rings. The number of piperidine rings is 1. The summed E-state index contributed by atoms with van der Waals surface area (Å²) < 4.78 is 2.38. The van der Waals surface area contributed by atoms with E-state index in [1.54, 1.807) is 0 Å². The quantitative estimate of drug-likeness (QED) is 0.213. The molecule has 1 N–H and O–H groups in total. The smallest absolute Gasteiger partial charge is 0.0541 e. The lowest BCUT2D eigenvalue weighted by molar-refractivity contribution is 0.222. The van der Waals surface area contributed by atoms with E-state index in [0.29, 0.717) is 6.04 Å². The molecule has 2 heterocycles. The standard InChI is InChI=1S/C41H41N3/c1-3-11-33(12-4-1)43(36-25-20-31(21-26-36)39-16-9-10-28-42-39)35-23-18-30(19-24-35)32-22-27-41-38(29-32)37-15-7-8-17-40(37)44(41)34-13-5-2-6-14-34/h1-8,11-15,17-19,22-24,27,29,31,36,39,42H,9-10,16,20-21,25-26,28H2.